The van der Waals surface area contributed by atoms with E-state index in [1.807, 2.05) is 0 Å². The van der Waals surface area contributed by atoms with Gasteiger partial charge < -0.3 is 15.2 Å². The predicted octanol–water partition coefficient (Wildman–Crippen LogP) is 2.91. The van der Waals surface area contributed by atoms with Crippen LogP contribution in [0, 0.1) is 11.2 Å². The Hall–Kier alpha value is -2.56. The molecule has 0 saturated heterocycles. The Labute approximate surface area is 110 Å². The van der Waals surface area contributed by atoms with Crippen molar-refractivity contribution in [2.75, 3.05) is 7.11 Å². The van der Waals surface area contributed by atoms with E-state index in [2.05, 4.69) is 0 Å². The molecule has 0 aliphatic carbocycles. The summed E-state index contributed by atoms with van der Waals surface area (Å²) in [6.07, 6.45) is 0. The van der Waals surface area contributed by atoms with Crippen LogP contribution in [0.5, 0.6) is 17.2 Å². The summed E-state index contributed by atoms with van der Waals surface area (Å²) in [5.74, 6) is 0.517. The van der Waals surface area contributed by atoms with Gasteiger partial charge in [-0.15, -0.1) is 0 Å². The molecule has 3 N–H and O–H groups in total. The van der Waals surface area contributed by atoms with Gasteiger partial charge in [0.2, 0.25) is 0 Å². The molecule has 0 spiro atoms. The van der Waals surface area contributed by atoms with Crippen LogP contribution in [0.1, 0.15) is 5.56 Å². The van der Waals surface area contributed by atoms with Crippen LogP contribution in [0.2, 0.25) is 0 Å². The van der Waals surface area contributed by atoms with E-state index >= 15 is 0 Å². The highest BCUT2D eigenvalue weighted by molar-refractivity contribution is 5.95. The first-order valence-electron chi connectivity index (χ1n) is 5.56. The van der Waals surface area contributed by atoms with Crippen molar-refractivity contribution in [3.05, 3.63) is 53.8 Å². The smallest absolute Gasteiger partial charge is 0.166 e. The number of ether oxygens (including phenoxy) is 2. The summed E-state index contributed by atoms with van der Waals surface area (Å²) in [5.41, 5.74) is 5.60. The van der Waals surface area contributed by atoms with E-state index in [0.717, 1.165) is 0 Å². The second-order valence-electron chi connectivity index (χ2n) is 3.84. The molecule has 0 fully saturated rings. The maximum Gasteiger partial charge on any atom is 0.166 e. The average Bonchev–Trinajstić information content (AvgIpc) is 2.41. The molecule has 0 aliphatic rings. The molecule has 19 heavy (non-hydrogen) atoms. The fraction of sp³-hybridized carbons (Fsp3) is 0.0714. The Morgan fingerprint density at radius 3 is 2.26 bits per heavy atom. The SMILES string of the molecule is COc1ccc(Oc2ccc(C(=N)N)cc2F)cc1. The van der Waals surface area contributed by atoms with Gasteiger partial charge in [-0.2, -0.15) is 0 Å². The molecule has 5 heteroatoms. The summed E-state index contributed by atoms with van der Waals surface area (Å²) in [6.45, 7) is 0. The molecule has 2 aromatic rings. The minimum atomic E-state index is -0.566. The zero-order chi connectivity index (χ0) is 13.8. The van der Waals surface area contributed by atoms with E-state index in [0.29, 0.717) is 17.1 Å². The molecular formula is C14H13FN2O2. The molecule has 2 aromatic carbocycles. The van der Waals surface area contributed by atoms with Crippen LogP contribution in [0.4, 0.5) is 4.39 Å². The second kappa shape index (κ2) is 5.39. The van der Waals surface area contributed by atoms with Gasteiger partial charge in [0, 0.05) is 5.56 Å². The molecule has 0 bridgehead atoms. The van der Waals surface area contributed by atoms with Gasteiger partial charge in [0.15, 0.2) is 11.6 Å². The Morgan fingerprint density at radius 1 is 1.11 bits per heavy atom. The molecule has 2 rings (SSSR count). The van der Waals surface area contributed by atoms with E-state index < -0.39 is 5.82 Å². The molecule has 0 amide bonds. The molecule has 0 aromatic heterocycles. The molecule has 0 aliphatic heterocycles. The predicted molar refractivity (Wildman–Crippen MR) is 70.5 cm³/mol. The van der Waals surface area contributed by atoms with Gasteiger partial charge in [0.1, 0.15) is 17.3 Å². The number of rotatable bonds is 4. The zero-order valence-corrected chi connectivity index (χ0v) is 10.3. The molecular weight excluding hydrogens is 247 g/mol. The standard InChI is InChI=1S/C14H13FN2O2/c1-18-10-3-5-11(6-4-10)19-13-7-2-9(14(16)17)8-12(13)15/h2-8H,1H3,(H3,16,17). The molecule has 0 radical (unpaired) electrons. The number of hydrogen-bond acceptors (Lipinski definition) is 3. The molecule has 98 valence electrons. The number of hydrogen-bond donors (Lipinski definition) is 2. The average molecular weight is 260 g/mol. The van der Waals surface area contributed by atoms with E-state index in [1.165, 1.54) is 18.2 Å². The summed E-state index contributed by atoms with van der Waals surface area (Å²) in [4.78, 5) is 0. The van der Waals surface area contributed by atoms with Crippen LogP contribution in [0.15, 0.2) is 42.5 Å². The van der Waals surface area contributed by atoms with Crippen LogP contribution in [0.3, 0.4) is 0 Å². The number of methoxy groups -OCH3 is 1. The first-order chi connectivity index (χ1) is 9.10. The topological polar surface area (TPSA) is 68.3 Å². The number of benzene rings is 2. The zero-order valence-electron chi connectivity index (χ0n) is 10.3. The van der Waals surface area contributed by atoms with E-state index in [9.17, 15) is 4.39 Å². The van der Waals surface area contributed by atoms with Crippen molar-refractivity contribution in [2.24, 2.45) is 5.73 Å². The highest BCUT2D eigenvalue weighted by Gasteiger charge is 2.07. The third-order valence-corrected chi connectivity index (χ3v) is 2.53. The highest BCUT2D eigenvalue weighted by Crippen LogP contribution is 2.26. The van der Waals surface area contributed by atoms with Crippen LogP contribution >= 0.6 is 0 Å². The van der Waals surface area contributed by atoms with Crippen molar-refractivity contribution in [1.29, 1.82) is 5.41 Å². The molecule has 0 saturated carbocycles. The number of amidine groups is 1. The van der Waals surface area contributed by atoms with E-state index in [4.69, 9.17) is 20.6 Å². The highest BCUT2D eigenvalue weighted by atomic mass is 19.1. The number of nitrogens with one attached hydrogen (secondary N) is 1. The fourth-order valence-electron chi connectivity index (χ4n) is 1.52. The van der Waals surface area contributed by atoms with Crippen molar-refractivity contribution in [3.63, 3.8) is 0 Å². The third-order valence-electron chi connectivity index (χ3n) is 2.53. The lowest BCUT2D eigenvalue weighted by molar-refractivity contribution is 0.411. The van der Waals surface area contributed by atoms with Gasteiger partial charge in [-0.05, 0) is 42.5 Å². The summed E-state index contributed by atoms with van der Waals surface area (Å²) < 4.78 is 24.2. The van der Waals surface area contributed by atoms with E-state index in [-0.39, 0.29) is 11.6 Å². The van der Waals surface area contributed by atoms with Crippen molar-refractivity contribution < 1.29 is 13.9 Å². The fourth-order valence-corrected chi connectivity index (χ4v) is 1.52. The molecule has 0 heterocycles. The minimum absolute atomic E-state index is 0.0789. The summed E-state index contributed by atoms with van der Waals surface area (Å²) in [7, 11) is 1.57. The van der Waals surface area contributed by atoms with E-state index in [1.54, 1.807) is 31.4 Å². The van der Waals surface area contributed by atoms with Crippen LogP contribution in [-0.4, -0.2) is 12.9 Å². The quantitative estimate of drug-likeness (QED) is 0.656. The van der Waals surface area contributed by atoms with Crippen molar-refractivity contribution in [1.82, 2.24) is 0 Å². The maximum atomic E-state index is 13.7. The van der Waals surface area contributed by atoms with Crippen LogP contribution in [-0.2, 0) is 0 Å². The maximum absolute atomic E-state index is 13.7. The van der Waals surface area contributed by atoms with Crippen LogP contribution in [0.25, 0.3) is 0 Å². The Morgan fingerprint density at radius 2 is 1.74 bits per heavy atom. The minimum Gasteiger partial charge on any atom is -0.497 e. The summed E-state index contributed by atoms with van der Waals surface area (Å²) in [6, 6.07) is 10.9. The molecule has 0 atom stereocenters. The number of halogens is 1. The van der Waals surface area contributed by atoms with Crippen molar-refractivity contribution >= 4 is 5.84 Å². The monoisotopic (exact) mass is 260 g/mol. The van der Waals surface area contributed by atoms with Crippen LogP contribution < -0.4 is 15.2 Å². The first kappa shape index (κ1) is 12.9. The first-order valence-corrected chi connectivity index (χ1v) is 5.56. The number of nitrogen functional groups attached to an aromatic ring is 1. The second-order valence-corrected chi connectivity index (χ2v) is 3.84. The largest absolute Gasteiger partial charge is 0.497 e. The Bertz CT molecular complexity index is 597. The van der Waals surface area contributed by atoms with Crippen molar-refractivity contribution in [2.45, 2.75) is 0 Å². The lowest BCUT2D eigenvalue weighted by Gasteiger charge is -2.08. The van der Waals surface area contributed by atoms with Gasteiger partial charge >= 0.3 is 0 Å². The van der Waals surface area contributed by atoms with Gasteiger partial charge in [0.25, 0.3) is 0 Å². The lowest BCUT2D eigenvalue weighted by Crippen LogP contribution is -2.11. The van der Waals surface area contributed by atoms with Gasteiger partial charge in [0.05, 0.1) is 7.11 Å². The normalized spacial score (nSPS) is 10.0. The third kappa shape index (κ3) is 3.01. The molecule has 4 nitrogen and oxygen atoms in total. The Kier molecular flexibility index (Phi) is 3.66. The lowest BCUT2D eigenvalue weighted by atomic mass is 10.2. The summed E-state index contributed by atoms with van der Waals surface area (Å²) in [5, 5.41) is 7.22. The summed E-state index contributed by atoms with van der Waals surface area (Å²) >= 11 is 0. The van der Waals surface area contributed by atoms with Gasteiger partial charge in [-0.1, -0.05) is 0 Å². The molecule has 0 unspecified atom stereocenters. The number of nitrogens with two attached hydrogens (primary N) is 1. The van der Waals surface area contributed by atoms with Gasteiger partial charge in [-0.3, -0.25) is 5.41 Å². The van der Waals surface area contributed by atoms with Gasteiger partial charge in [-0.25, -0.2) is 4.39 Å². The Balaban J connectivity index is 2.20. The van der Waals surface area contributed by atoms with Crippen molar-refractivity contribution in [3.8, 4) is 17.2 Å².